The molecule has 3 unspecified atom stereocenters. The van der Waals surface area contributed by atoms with E-state index in [1.54, 1.807) is 6.92 Å². The second kappa shape index (κ2) is 7.67. The van der Waals surface area contributed by atoms with E-state index in [4.69, 9.17) is 4.74 Å². The first-order valence-corrected chi connectivity index (χ1v) is 10.7. The van der Waals surface area contributed by atoms with Crippen molar-refractivity contribution in [2.75, 3.05) is 13.2 Å². The van der Waals surface area contributed by atoms with Gasteiger partial charge >= 0.3 is 0 Å². The van der Waals surface area contributed by atoms with Gasteiger partial charge in [0.25, 0.3) is 0 Å². The van der Waals surface area contributed by atoms with Crippen LogP contribution in [0.3, 0.4) is 0 Å². The lowest BCUT2D eigenvalue weighted by atomic mass is 9.89. The Morgan fingerprint density at radius 3 is 2.54 bits per heavy atom. The molecule has 3 heterocycles. The number of benzene rings is 1. The Morgan fingerprint density at radius 2 is 1.86 bits per heavy atom. The number of nitrogens with zero attached hydrogens (tertiary/aromatic N) is 1. The first-order chi connectivity index (χ1) is 13.3. The van der Waals surface area contributed by atoms with Crippen LogP contribution in [0.1, 0.15) is 63.7 Å². The number of ether oxygens (including phenoxy) is 1. The van der Waals surface area contributed by atoms with E-state index in [0.717, 1.165) is 25.2 Å². The minimum atomic E-state index is -1.07. The van der Waals surface area contributed by atoms with Crippen LogP contribution in [0.15, 0.2) is 24.3 Å². The van der Waals surface area contributed by atoms with Crippen molar-refractivity contribution in [3.8, 4) is 0 Å². The highest BCUT2D eigenvalue weighted by Crippen LogP contribution is 2.42. The van der Waals surface area contributed by atoms with Crippen molar-refractivity contribution in [3.05, 3.63) is 35.4 Å². The van der Waals surface area contributed by atoms with Gasteiger partial charge in [-0.1, -0.05) is 38.1 Å². The lowest BCUT2D eigenvalue weighted by molar-refractivity contribution is -0.132. The molecule has 7 atom stereocenters. The second-order valence-corrected chi connectivity index (χ2v) is 9.35. The maximum absolute atomic E-state index is 11.1. The first kappa shape index (κ1) is 20.3. The van der Waals surface area contributed by atoms with E-state index in [2.05, 4.69) is 48.4 Å². The molecular formula is C22H35N3O3. The molecule has 0 saturated carbocycles. The number of hydrogen-bond donors (Lipinski definition) is 4. The molecule has 3 fully saturated rings. The minimum Gasteiger partial charge on any atom is -0.387 e. The molecule has 4 rings (SSSR count). The van der Waals surface area contributed by atoms with Crippen molar-refractivity contribution < 1.29 is 14.9 Å². The Kier molecular flexibility index (Phi) is 5.55. The van der Waals surface area contributed by atoms with Crippen molar-refractivity contribution in [2.24, 2.45) is 5.92 Å². The molecule has 3 aliphatic rings. The molecule has 0 radical (unpaired) electrons. The van der Waals surface area contributed by atoms with E-state index in [1.807, 2.05) is 12.1 Å². The molecular weight excluding hydrogens is 354 g/mol. The van der Waals surface area contributed by atoms with Crippen LogP contribution in [0.25, 0.3) is 0 Å². The van der Waals surface area contributed by atoms with E-state index in [1.165, 1.54) is 5.56 Å². The molecule has 3 saturated heterocycles. The quantitative estimate of drug-likeness (QED) is 0.630. The molecule has 0 amide bonds. The summed E-state index contributed by atoms with van der Waals surface area (Å²) in [5.74, 6) is 0.985. The Balaban J connectivity index is 1.48. The molecule has 0 aromatic heterocycles. The summed E-state index contributed by atoms with van der Waals surface area (Å²) in [5, 5.41) is 29.1. The van der Waals surface area contributed by atoms with Crippen molar-refractivity contribution in [1.82, 2.24) is 15.5 Å². The number of likely N-dealkylation sites (tertiary alicyclic amines) is 1. The van der Waals surface area contributed by atoms with E-state index in [-0.39, 0.29) is 12.4 Å². The van der Waals surface area contributed by atoms with Crippen molar-refractivity contribution >= 4 is 0 Å². The number of aliphatic hydroxyl groups is 2. The predicted octanol–water partition coefficient (Wildman–Crippen LogP) is 1.90. The van der Waals surface area contributed by atoms with Gasteiger partial charge in [-0.2, -0.15) is 0 Å². The fourth-order valence-corrected chi connectivity index (χ4v) is 5.13. The van der Waals surface area contributed by atoms with Gasteiger partial charge in [-0.05, 0) is 37.3 Å². The Labute approximate surface area is 168 Å². The molecule has 1 aromatic carbocycles. The van der Waals surface area contributed by atoms with Crippen LogP contribution >= 0.6 is 0 Å². The minimum absolute atomic E-state index is 0.183. The molecule has 6 nitrogen and oxygen atoms in total. The van der Waals surface area contributed by atoms with Gasteiger partial charge in [0.15, 0.2) is 0 Å². The van der Waals surface area contributed by atoms with Gasteiger partial charge in [0, 0.05) is 31.6 Å². The summed E-state index contributed by atoms with van der Waals surface area (Å²) in [7, 11) is 0. The number of nitrogens with one attached hydrogen (secondary N) is 2. The number of fused-ring (bicyclic) bond motifs is 1. The van der Waals surface area contributed by atoms with Crippen molar-refractivity contribution in [3.63, 3.8) is 0 Å². The zero-order valence-corrected chi connectivity index (χ0v) is 17.4. The summed E-state index contributed by atoms with van der Waals surface area (Å²) < 4.78 is 6.30. The average Bonchev–Trinajstić information content (AvgIpc) is 3.22. The normalized spacial score (nSPS) is 40.0. The molecule has 28 heavy (non-hydrogen) atoms. The third-order valence-corrected chi connectivity index (χ3v) is 6.97. The summed E-state index contributed by atoms with van der Waals surface area (Å²) in [6, 6.07) is 8.48. The van der Waals surface area contributed by atoms with Crippen LogP contribution in [-0.4, -0.2) is 58.5 Å². The summed E-state index contributed by atoms with van der Waals surface area (Å²) in [6.07, 6.45) is 0.208. The third kappa shape index (κ3) is 3.62. The Bertz CT molecular complexity index is 678. The highest BCUT2D eigenvalue weighted by Gasteiger charge is 2.52. The average molecular weight is 390 g/mol. The molecule has 0 aliphatic carbocycles. The van der Waals surface area contributed by atoms with Crippen LogP contribution in [0.2, 0.25) is 0 Å². The van der Waals surface area contributed by atoms with Crippen LogP contribution in [0.5, 0.6) is 0 Å². The molecule has 1 aromatic rings. The number of hydrogen-bond acceptors (Lipinski definition) is 6. The topological polar surface area (TPSA) is 77.0 Å². The summed E-state index contributed by atoms with van der Waals surface area (Å²) in [5.41, 5.74) is 0.961. The lowest BCUT2D eigenvalue weighted by Gasteiger charge is -2.39. The predicted molar refractivity (Wildman–Crippen MR) is 109 cm³/mol. The van der Waals surface area contributed by atoms with Gasteiger partial charge < -0.3 is 20.3 Å². The summed E-state index contributed by atoms with van der Waals surface area (Å²) in [4.78, 5) is 2.34. The monoisotopic (exact) mass is 389 g/mol. The van der Waals surface area contributed by atoms with Gasteiger partial charge in [-0.3, -0.25) is 10.2 Å². The first-order valence-electron chi connectivity index (χ1n) is 10.7. The molecule has 0 bridgehead atoms. The SMILES string of the molecule is CC(C)c1ccc([C@@H](O)[C@H]2O[C@@H](N3CCC4C(C)NCNC43)C[C@]2(C)O)cc1. The highest BCUT2D eigenvalue weighted by molar-refractivity contribution is 5.27. The standard InChI is InChI=1S/C22H35N3O3/c1-13(2)15-5-7-16(8-6-15)19(26)20-22(4,27)11-18(28-20)25-10-9-17-14(3)23-12-24-21(17)25/h5-8,13-14,17-21,23-24,26-27H,9-12H2,1-4H3/t14?,17?,18-,19-,20-,21?,22+/m1/s1. The zero-order valence-electron chi connectivity index (χ0n) is 17.4. The number of aliphatic hydroxyl groups excluding tert-OH is 1. The van der Waals surface area contributed by atoms with Crippen molar-refractivity contribution in [1.29, 1.82) is 0 Å². The van der Waals surface area contributed by atoms with Crippen LogP contribution < -0.4 is 10.6 Å². The smallest absolute Gasteiger partial charge is 0.118 e. The fraction of sp³-hybridized carbons (Fsp3) is 0.727. The summed E-state index contributed by atoms with van der Waals surface area (Å²) in [6.45, 7) is 10.1. The maximum Gasteiger partial charge on any atom is 0.118 e. The highest BCUT2D eigenvalue weighted by atomic mass is 16.6. The molecule has 3 aliphatic heterocycles. The van der Waals surface area contributed by atoms with E-state index in [0.29, 0.717) is 24.3 Å². The van der Waals surface area contributed by atoms with Crippen LogP contribution in [0.4, 0.5) is 0 Å². The largest absolute Gasteiger partial charge is 0.387 e. The maximum atomic E-state index is 11.1. The Hall–Kier alpha value is -1.02. The lowest BCUT2D eigenvalue weighted by Crippen LogP contribution is -2.60. The van der Waals surface area contributed by atoms with Crippen LogP contribution in [-0.2, 0) is 4.74 Å². The van der Waals surface area contributed by atoms with Gasteiger partial charge in [0.2, 0.25) is 0 Å². The van der Waals surface area contributed by atoms with Crippen molar-refractivity contribution in [2.45, 2.75) is 82.7 Å². The summed E-state index contributed by atoms with van der Waals surface area (Å²) >= 11 is 0. The fourth-order valence-electron chi connectivity index (χ4n) is 5.13. The van der Waals surface area contributed by atoms with Crippen LogP contribution in [0, 0.1) is 5.92 Å². The second-order valence-electron chi connectivity index (χ2n) is 9.35. The molecule has 6 heteroatoms. The third-order valence-electron chi connectivity index (χ3n) is 6.97. The van der Waals surface area contributed by atoms with Gasteiger partial charge in [0.05, 0.1) is 11.8 Å². The molecule has 4 N–H and O–H groups in total. The molecule has 156 valence electrons. The van der Waals surface area contributed by atoms with Gasteiger partial charge in [-0.25, -0.2) is 0 Å². The van der Waals surface area contributed by atoms with E-state index in [9.17, 15) is 10.2 Å². The van der Waals surface area contributed by atoms with Gasteiger partial charge in [-0.15, -0.1) is 0 Å². The van der Waals surface area contributed by atoms with E-state index >= 15 is 0 Å². The Morgan fingerprint density at radius 1 is 1.18 bits per heavy atom. The number of rotatable bonds is 4. The zero-order chi connectivity index (χ0) is 20.1. The van der Waals surface area contributed by atoms with E-state index < -0.39 is 17.8 Å². The molecule has 0 spiro atoms. The van der Waals surface area contributed by atoms with Gasteiger partial charge in [0.1, 0.15) is 18.4 Å².